The maximum absolute atomic E-state index is 4.49. The Morgan fingerprint density at radius 2 is 1.85 bits per heavy atom. The monoisotopic (exact) mass is 276 g/mol. The van der Waals surface area contributed by atoms with Gasteiger partial charge < -0.3 is 10.6 Å². The molecule has 3 atom stereocenters. The molecule has 0 aliphatic heterocycles. The highest BCUT2D eigenvalue weighted by Gasteiger charge is 2.26. The summed E-state index contributed by atoms with van der Waals surface area (Å²) in [7, 11) is 1.92. The van der Waals surface area contributed by atoms with Crippen LogP contribution in [0.1, 0.15) is 58.4 Å². The third-order valence-electron chi connectivity index (χ3n) is 4.45. The van der Waals surface area contributed by atoms with E-state index < -0.39 is 0 Å². The van der Waals surface area contributed by atoms with Crippen molar-refractivity contribution in [2.45, 2.75) is 58.9 Å². The van der Waals surface area contributed by atoms with Crippen molar-refractivity contribution in [2.24, 2.45) is 11.8 Å². The van der Waals surface area contributed by atoms with Crippen LogP contribution < -0.4 is 10.6 Å². The molecule has 1 fully saturated rings. The topological polar surface area (TPSA) is 49.8 Å². The highest BCUT2D eigenvalue weighted by molar-refractivity contribution is 5.59. The van der Waals surface area contributed by atoms with Crippen LogP contribution in [0.3, 0.4) is 0 Å². The average Bonchev–Trinajstić information content (AvgIpc) is 2.41. The number of anilines is 2. The molecule has 2 rings (SSSR count). The first-order valence-corrected chi connectivity index (χ1v) is 7.82. The van der Waals surface area contributed by atoms with Gasteiger partial charge in [-0.1, -0.05) is 27.7 Å². The van der Waals surface area contributed by atoms with E-state index in [4.69, 9.17) is 0 Å². The van der Waals surface area contributed by atoms with Gasteiger partial charge in [0.1, 0.15) is 18.0 Å². The molecule has 0 bridgehead atoms. The molecule has 112 valence electrons. The third-order valence-corrected chi connectivity index (χ3v) is 4.45. The maximum Gasteiger partial charge on any atom is 0.135 e. The number of rotatable bonds is 4. The lowest BCUT2D eigenvalue weighted by atomic mass is 9.80. The molecule has 1 aliphatic carbocycles. The molecule has 1 heterocycles. The molecular weight excluding hydrogens is 248 g/mol. The lowest BCUT2D eigenvalue weighted by Gasteiger charge is -2.34. The van der Waals surface area contributed by atoms with Crippen molar-refractivity contribution in [2.75, 3.05) is 17.7 Å². The zero-order valence-electron chi connectivity index (χ0n) is 13.4. The van der Waals surface area contributed by atoms with Crippen LogP contribution in [0.15, 0.2) is 6.33 Å². The summed E-state index contributed by atoms with van der Waals surface area (Å²) in [4.78, 5) is 8.83. The molecule has 3 unspecified atom stereocenters. The van der Waals surface area contributed by atoms with Gasteiger partial charge in [0.15, 0.2) is 0 Å². The highest BCUT2D eigenvalue weighted by atomic mass is 15.1. The van der Waals surface area contributed by atoms with Gasteiger partial charge in [0.25, 0.3) is 0 Å². The van der Waals surface area contributed by atoms with Gasteiger partial charge in [0.2, 0.25) is 0 Å². The Kier molecular flexibility index (Phi) is 4.84. The first kappa shape index (κ1) is 15.1. The van der Waals surface area contributed by atoms with E-state index in [1.54, 1.807) is 6.33 Å². The fourth-order valence-corrected chi connectivity index (χ4v) is 3.31. The molecule has 4 nitrogen and oxygen atoms in total. The quantitative estimate of drug-likeness (QED) is 0.876. The van der Waals surface area contributed by atoms with Crippen LogP contribution in [0.25, 0.3) is 0 Å². The maximum atomic E-state index is 4.49. The van der Waals surface area contributed by atoms with E-state index in [9.17, 15) is 0 Å². The van der Waals surface area contributed by atoms with E-state index in [0.29, 0.717) is 17.9 Å². The molecule has 4 heteroatoms. The van der Waals surface area contributed by atoms with Crippen molar-refractivity contribution in [3.63, 3.8) is 0 Å². The molecule has 0 aromatic carbocycles. The zero-order valence-corrected chi connectivity index (χ0v) is 13.4. The lowest BCUT2D eigenvalue weighted by Crippen LogP contribution is -2.33. The largest absolute Gasteiger partial charge is 0.373 e. The second-order valence-electron chi connectivity index (χ2n) is 6.54. The second kappa shape index (κ2) is 6.42. The van der Waals surface area contributed by atoms with Crippen molar-refractivity contribution in [3.8, 4) is 0 Å². The van der Waals surface area contributed by atoms with E-state index in [0.717, 1.165) is 17.6 Å². The van der Waals surface area contributed by atoms with Crippen LogP contribution in [0.2, 0.25) is 0 Å². The second-order valence-corrected chi connectivity index (χ2v) is 6.54. The van der Waals surface area contributed by atoms with Crippen LogP contribution in [-0.2, 0) is 0 Å². The van der Waals surface area contributed by atoms with Crippen molar-refractivity contribution in [1.82, 2.24) is 9.97 Å². The number of hydrogen-bond donors (Lipinski definition) is 2. The minimum Gasteiger partial charge on any atom is -0.373 e. The van der Waals surface area contributed by atoms with Gasteiger partial charge in [-0.3, -0.25) is 0 Å². The lowest BCUT2D eigenvalue weighted by molar-refractivity contribution is 0.276. The van der Waals surface area contributed by atoms with Crippen LogP contribution in [0.4, 0.5) is 11.6 Å². The van der Waals surface area contributed by atoms with Crippen LogP contribution in [0, 0.1) is 11.8 Å². The molecular formula is C16H28N4. The summed E-state index contributed by atoms with van der Waals surface area (Å²) >= 11 is 0. The summed E-state index contributed by atoms with van der Waals surface area (Å²) in [6.45, 7) is 9.09. The Morgan fingerprint density at radius 3 is 2.45 bits per heavy atom. The fraction of sp³-hybridized carbons (Fsp3) is 0.750. The Hall–Kier alpha value is -1.32. The molecule has 1 saturated carbocycles. The van der Waals surface area contributed by atoms with Crippen molar-refractivity contribution in [1.29, 1.82) is 0 Å². The highest BCUT2D eigenvalue weighted by Crippen LogP contribution is 2.33. The van der Waals surface area contributed by atoms with Gasteiger partial charge >= 0.3 is 0 Å². The first-order chi connectivity index (χ1) is 9.52. The van der Waals surface area contributed by atoms with Gasteiger partial charge in [-0.25, -0.2) is 9.97 Å². The van der Waals surface area contributed by atoms with E-state index >= 15 is 0 Å². The number of hydrogen-bond acceptors (Lipinski definition) is 4. The average molecular weight is 276 g/mol. The molecule has 20 heavy (non-hydrogen) atoms. The predicted octanol–water partition coefficient (Wildman–Crippen LogP) is 3.88. The minimum atomic E-state index is 0.402. The van der Waals surface area contributed by atoms with Gasteiger partial charge in [-0.05, 0) is 37.0 Å². The van der Waals surface area contributed by atoms with E-state index in [2.05, 4.69) is 48.3 Å². The van der Waals surface area contributed by atoms with Crippen LogP contribution in [0.5, 0.6) is 0 Å². The summed E-state index contributed by atoms with van der Waals surface area (Å²) in [6, 6.07) is 0.531. The van der Waals surface area contributed by atoms with E-state index in [1.807, 2.05) is 7.05 Å². The normalized spacial score (nSPS) is 26.6. The number of nitrogens with one attached hydrogen (secondary N) is 2. The Morgan fingerprint density at radius 1 is 1.15 bits per heavy atom. The molecule has 0 amide bonds. The number of aromatic nitrogens is 2. The molecule has 1 aromatic heterocycles. The van der Waals surface area contributed by atoms with Gasteiger partial charge in [-0.15, -0.1) is 0 Å². The Bertz CT molecular complexity index is 444. The fourth-order valence-electron chi connectivity index (χ4n) is 3.31. The van der Waals surface area contributed by atoms with Crippen LogP contribution >= 0.6 is 0 Å². The van der Waals surface area contributed by atoms with Crippen molar-refractivity contribution >= 4 is 11.6 Å². The molecule has 0 radical (unpaired) electrons. The molecule has 1 aliphatic rings. The Labute approximate surface area is 122 Å². The van der Waals surface area contributed by atoms with Gasteiger partial charge in [0.05, 0.1) is 0 Å². The summed E-state index contributed by atoms with van der Waals surface area (Å²) in [5.41, 5.74) is 1.20. The van der Waals surface area contributed by atoms with Crippen LogP contribution in [-0.4, -0.2) is 23.1 Å². The molecule has 1 aromatic rings. The molecule has 0 spiro atoms. The zero-order chi connectivity index (χ0) is 14.7. The SMILES string of the molecule is CNc1ncnc(NC2CCC(C)CC2C)c1C(C)C. The first-order valence-electron chi connectivity index (χ1n) is 7.82. The summed E-state index contributed by atoms with van der Waals surface area (Å²) < 4.78 is 0. The third kappa shape index (κ3) is 3.22. The Balaban J connectivity index is 2.20. The summed E-state index contributed by atoms with van der Waals surface area (Å²) in [5.74, 6) is 3.90. The predicted molar refractivity (Wildman–Crippen MR) is 85.3 cm³/mol. The van der Waals surface area contributed by atoms with Crippen molar-refractivity contribution < 1.29 is 0 Å². The van der Waals surface area contributed by atoms with E-state index in [1.165, 1.54) is 24.8 Å². The minimum absolute atomic E-state index is 0.402. The summed E-state index contributed by atoms with van der Waals surface area (Å²) in [5, 5.41) is 6.87. The standard InChI is InChI=1S/C16H28N4/c1-10(2)14-15(17-5)18-9-19-16(14)20-13-7-6-11(3)8-12(13)4/h9-13H,6-8H2,1-5H3,(H2,17,18,19,20). The van der Waals surface area contributed by atoms with Gasteiger partial charge in [0, 0.05) is 18.7 Å². The van der Waals surface area contributed by atoms with E-state index in [-0.39, 0.29) is 0 Å². The smallest absolute Gasteiger partial charge is 0.135 e. The summed E-state index contributed by atoms with van der Waals surface area (Å²) in [6.07, 6.45) is 5.50. The molecule has 0 saturated heterocycles. The van der Waals surface area contributed by atoms with Gasteiger partial charge in [-0.2, -0.15) is 0 Å². The molecule has 2 N–H and O–H groups in total. The number of nitrogens with zero attached hydrogens (tertiary/aromatic N) is 2. The van der Waals surface area contributed by atoms with Crippen molar-refractivity contribution in [3.05, 3.63) is 11.9 Å².